The smallest absolute Gasteiger partial charge is 0.275 e. The molecule has 0 saturated heterocycles. The first-order valence-electron chi connectivity index (χ1n) is 8.55. The Kier molecular flexibility index (Phi) is 7.75. The Bertz CT molecular complexity index is 719. The summed E-state index contributed by atoms with van der Waals surface area (Å²) < 4.78 is 10.5. The van der Waals surface area contributed by atoms with E-state index in [1.807, 2.05) is 43.4 Å². The number of likely N-dealkylation sites (N-methyl/N-ethyl adjacent to an activating group) is 1. The highest BCUT2D eigenvalue weighted by molar-refractivity contribution is 6.30. The number of nitrogens with one attached hydrogen (secondary N) is 2. The molecule has 0 saturated carbocycles. The predicted octanol–water partition coefficient (Wildman–Crippen LogP) is 1.73. The van der Waals surface area contributed by atoms with Gasteiger partial charge in [0.15, 0.2) is 6.54 Å². The van der Waals surface area contributed by atoms with Gasteiger partial charge in [-0.1, -0.05) is 23.7 Å². The molecule has 0 aliphatic rings. The van der Waals surface area contributed by atoms with Crippen LogP contribution in [0.1, 0.15) is 11.1 Å². The molecule has 140 valence electrons. The maximum absolute atomic E-state index is 12.1. The Morgan fingerprint density at radius 2 is 1.85 bits per heavy atom. The fourth-order valence-corrected chi connectivity index (χ4v) is 2.94. The van der Waals surface area contributed by atoms with Crippen LogP contribution >= 0.6 is 11.6 Å². The monoisotopic (exact) mass is 377 g/mol. The quantitative estimate of drug-likeness (QED) is 0.699. The van der Waals surface area contributed by atoms with E-state index in [-0.39, 0.29) is 5.91 Å². The molecule has 0 spiro atoms. The predicted molar refractivity (Wildman–Crippen MR) is 103 cm³/mol. The summed E-state index contributed by atoms with van der Waals surface area (Å²) in [6, 6.07) is 13.4. The molecule has 0 bridgehead atoms. The van der Waals surface area contributed by atoms with Gasteiger partial charge in [0.1, 0.15) is 18.0 Å². The van der Waals surface area contributed by atoms with Crippen LogP contribution in [0.4, 0.5) is 0 Å². The van der Waals surface area contributed by atoms with Crippen molar-refractivity contribution in [2.45, 2.75) is 13.0 Å². The summed E-state index contributed by atoms with van der Waals surface area (Å²) in [5.74, 6) is 1.64. The first-order chi connectivity index (χ1) is 12.5. The van der Waals surface area contributed by atoms with Gasteiger partial charge in [-0.15, -0.1) is 0 Å². The maximum atomic E-state index is 12.1. The lowest BCUT2D eigenvalue weighted by atomic mass is 10.1. The highest BCUT2D eigenvalue weighted by Gasteiger charge is 2.13. The van der Waals surface area contributed by atoms with E-state index in [9.17, 15) is 4.79 Å². The van der Waals surface area contributed by atoms with E-state index >= 15 is 0 Å². The molecule has 5 nitrogen and oxygen atoms in total. The van der Waals surface area contributed by atoms with E-state index in [0.29, 0.717) is 24.7 Å². The van der Waals surface area contributed by atoms with Crippen molar-refractivity contribution in [3.63, 3.8) is 0 Å². The van der Waals surface area contributed by atoms with Crippen molar-refractivity contribution in [2.24, 2.45) is 0 Å². The minimum Gasteiger partial charge on any atom is -0.497 e. The van der Waals surface area contributed by atoms with Gasteiger partial charge in [-0.25, -0.2) is 0 Å². The van der Waals surface area contributed by atoms with Crippen LogP contribution in [0.2, 0.25) is 5.02 Å². The van der Waals surface area contributed by atoms with Gasteiger partial charge < -0.3 is 19.7 Å². The van der Waals surface area contributed by atoms with Gasteiger partial charge in [0.05, 0.1) is 21.3 Å². The van der Waals surface area contributed by atoms with Crippen molar-refractivity contribution in [3.05, 3.63) is 58.6 Å². The summed E-state index contributed by atoms with van der Waals surface area (Å²) in [6.45, 7) is 1.66. The van der Waals surface area contributed by atoms with E-state index in [0.717, 1.165) is 33.9 Å². The number of rotatable bonds is 9. The number of carbonyl (C=O) groups excluding carboxylic acids is 1. The van der Waals surface area contributed by atoms with Gasteiger partial charge >= 0.3 is 0 Å². The minimum absolute atomic E-state index is 0.0250. The number of ether oxygens (including phenoxy) is 2. The number of amides is 1. The van der Waals surface area contributed by atoms with E-state index in [1.54, 1.807) is 20.3 Å². The number of halogens is 1. The van der Waals surface area contributed by atoms with Crippen LogP contribution in [0.15, 0.2) is 42.5 Å². The van der Waals surface area contributed by atoms with Crippen LogP contribution in [0.25, 0.3) is 0 Å². The van der Waals surface area contributed by atoms with E-state index in [2.05, 4.69) is 5.32 Å². The van der Waals surface area contributed by atoms with Gasteiger partial charge in [0.2, 0.25) is 0 Å². The van der Waals surface area contributed by atoms with Crippen LogP contribution in [-0.2, 0) is 17.8 Å². The second kappa shape index (κ2) is 10.0. The minimum atomic E-state index is 0.0250. The Hall–Kier alpha value is -2.24. The number of hydrogen-bond donors (Lipinski definition) is 2. The summed E-state index contributed by atoms with van der Waals surface area (Å²) in [4.78, 5) is 13.2. The summed E-state index contributed by atoms with van der Waals surface area (Å²) in [5, 5.41) is 3.63. The molecule has 1 unspecified atom stereocenters. The van der Waals surface area contributed by atoms with Crippen molar-refractivity contribution in [1.82, 2.24) is 5.32 Å². The molecule has 0 heterocycles. The highest BCUT2D eigenvalue weighted by Crippen LogP contribution is 2.21. The number of methoxy groups -OCH3 is 2. The molecule has 0 aromatic heterocycles. The maximum Gasteiger partial charge on any atom is 0.275 e. The Morgan fingerprint density at radius 1 is 1.12 bits per heavy atom. The molecule has 6 heteroatoms. The topological polar surface area (TPSA) is 52.0 Å². The number of carbonyl (C=O) groups is 1. The van der Waals surface area contributed by atoms with Gasteiger partial charge in [-0.2, -0.15) is 0 Å². The van der Waals surface area contributed by atoms with Crippen LogP contribution in [-0.4, -0.2) is 40.3 Å². The molecule has 2 rings (SSSR count). The molecule has 0 radical (unpaired) electrons. The van der Waals surface area contributed by atoms with Crippen molar-refractivity contribution in [2.75, 3.05) is 34.4 Å². The van der Waals surface area contributed by atoms with Crippen LogP contribution in [0.5, 0.6) is 11.5 Å². The lowest BCUT2D eigenvalue weighted by Gasteiger charge is -2.16. The number of quaternary nitrogens is 1. The van der Waals surface area contributed by atoms with Crippen molar-refractivity contribution < 1.29 is 19.2 Å². The molecular formula is C20H26ClN2O3+. The summed E-state index contributed by atoms with van der Waals surface area (Å²) in [6.07, 6.45) is 0.789. The van der Waals surface area contributed by atoms with Crippen LogP contribution in [0.3, 0.4) is 0 Å². The summed E-state index contributed by atoms with van der Waals surface area (Å²) in [7, 11) is 5.25. The van der Waals surface area contributed by atoms with E-state index in [4.69, 9.17) is 21.1 Å². The van der Waals surface area contributed by atoms with Crippen LogP contribution in [0, 0.1) is 0 Å². The normalized spacial score (nSPS) is 11.7. The summed E-state index contributed by atoms with van der Waals surface area (Å²) >= 11 is 6.06. The van der Waals surface area contributed by atoms with Gasteiger partial charge in [-0.3, -0.25) is 4.79 Å². The zero-order valence-electron chi connectivity index (χ0n) is 15.5. The van der Waals surface area contributed by atoms with Crippen molar-refractivity contribution in [1.29, 1.82) is 0 Å². The molecule has 0 aliphatic carbocycles. The zero-order chi connectivity index (χ0) is 18.9. The molecular weight excluding hydrogens is 352 g/mol. The highest BCUT2D eigenvalue weighted by atomic mass is 35.5. The van der Waals surface area contributed by atoms with E-state index in [1.165, 1.54) is 0 Å². The third-order valence-electron chi connectivity index (χ3n) is 4.09. The standard InChI is InChI=1S/C20H25ClN2O3/c1-23(13-16-12-17(21)6-9-19(16)26-3)14-20(24)22-11-10-15-4-7-18(25-2)8-5-15/h4-9,12H,10-11,13-14H2,1-3H3,(H,22,24)/p+1. The Morgan fingerprint density at radius 3 is 2.50 bits per heavy atom. The third-order valence-corrected chi connectivity index (χ3v) is 4.33. The lowest BCUT2D eigenvalue weighted by molar-refractivity contribution is -0.885. The molecule has 2 aromatic rings. The first kappa shape index (κ1) is 20.1. The van der Waals surface area contributed by atoms with Gasteiger partial charge in [0.25, 0.3) is 5.91 Å². The van der Waals surface area contributed by atoms with Crippen molar-refractivity contribution in [3.8, 4) is 11.5 Å². The molecule has 1 atom stereocenters. The van der Waals surface area contributed by atoms with Crippen LogP contribution < -0.4 is 19.7 Å². The third kappa shape index (κ3) is 6.24. The SMILES string of the molecule is COc1ccc(CCNC(=O)C[NH+](C)Cc2cc(Cl)ccc2OC)cc1. The fraction of sp³-hybridized carbons (Fsp3) is 0.350. The average Bonchev–Trinajstić information content (AvgIpc) is 2.62. The van der Waals surface area contributed by atoms with Gasteiger partial charge in [-0.05, 0) is 42.3 Å². The van der Waals surface area contributed by atoms with Gasteiger partial charge in [0, 0.05) is 17.1 Å². The first-order valence-corrected chi connectivity index (χ1v) is 8.93. The Balaban J connectivity index is 1.77. The second-order valence-electron chi connectivity index (χ2n) is 6.21. The molecule has 0 aliphatic heterocycles. The number of benzene rings is 2. The zero-order valence-corrected chi connectivity index (χ0v) is 16.2. The largest absolute Gasteiger partial charge is 0.497 e. The molecule has 2 aromatic carbocycles. The average molecular weight is 378 g/mol. The summed E-state index contributed by atoms with van der Waals surface area (Å²) in [5.41, 5.74) is 2.15. The van der Waals surface area contributed by atoms with E-state index < -0.39 is 0 Å². The van der Waals surface area contributed by atoms with Crippen molar-refractivity contribution >= 4 is 17.5 Å². The molecule has 0 fully saturated rings. The lowest BCUT2D eigenvalue weighted by Crippen LogP contribution is -3.08. The Labute approximate surface area is 159 Å². The second-order valence-corrected chi connectivity index (χ2v) is 6.65. The fourth-order valence-electron chi connectivity index (χ4n) is 2.75. The molecule has 26 heavy (non-hydrogen) atoms. The molecule has 2 N–H and O–H groups in total. The molecule has 1 amide bonds. The number of hydrogen-bond acceptors (Lipinski definition) is 3.